The van der Waals surface area contributed by atoms with Gasteiger partial charge in [0.05, 0.1) is 20.6 Å². The van der Waals surface area contributed by atoms with Crippen LogP contribution in [0.15, 0.2) is 84.9 Å². The van der Waals surface area contributed by atoms with Gasteiger partial charge < -0.3 is 10.2 Å². The molecule has 0 unspecified atom stereocenters. The van der Waals surface area contributed by atoms with E-state index in [4.69, 9.17) is 0 Å². The van der Waals surface area contributed by atoms with Gasteiger partial charge >= 0.3 is 0 Å². The third kappa shape index (κ3) is 5.62. The maximum absolute atomic E-state index is 12.6. The second-order valence-electron chi connectivity index (χ2n) is 7.45. The van der Waals surface area contributed by atoms with Gasteiger partial charge in [0, 0.05) is 23.1 Å². The third-order valence-corrected chi connectivity index (χ3v) is 5.10. The standard InChI is InChI=1S/C25H26N2O2/c1-27(2)23(17-19-9-5-3-6-10-19)18-26-25(29)22-15-13-21(14-16-22)24(28)20-11-7-4-8-12-20/h3-16,23H,17-18H2,1-2H3,(H,26,29)/p+1/t23-/m0/s1. The minimum atomic E-state index is -0.122. The number of rotatable bonds is 8. The van der Waals surface area contributed by atoms with E-state index < -0.39 is 0 Å². The first-order chi connectivity index (χ1) is 14.0. The fourth-order valence-electron chi connectivity index (χ4n) is 3.23. The van der Waals surface area contributed by atoms with Gasteiger partial charge in [-0.1, -0.05) is 72.8 Å². The lowest BCUT2D eigenvalue weighted by atomic mass is 10.0. The lowest BCUT2D eigenvalue weighted by Crippen LogP contribution is -3.11. The minimum Gasteiger partial charge on any atom is -0.346 e. The largest absolute Gasteiger partial charge is 0.346 e. The van der Waals surface area contributed by atoms with E-state index in [2.05, 4.69) is 31.5 Å². The van der Waals surface area contributed by atoms with Crippen LogP contribution in [-0.4, -0.2) is 38.4 Å². The molecule has 0 fully saturated rings. The Labute approximate surface area is 172 Å². The Morgan fingerprint density at radius 1 is 0.759 bits per heavy atom. The van der Waals surface area contributed by atoms with Crippen LogP contribution < -0.4 is 10.2 Å². The van der Waals surface area contributed by atoms with Gasteiger partial charge in [0.15, 0.2) is 5.78 Å². The van der Waals surface area contributed by atoms with E-state index in [9.17, 15) is 9.59 Å². The van der Waals surface area contributed by atoms with Crippen molar-refractivity contribution in [3.63, 3.8) is 0 Å². The molecule has 0 saturated heterocycles. The van der Waals surface area contributed by atoms with Crippen molar-refractivity contribution in [3.8, 4) is 0 Å². The van der Waals surface area contributed by atoms with Crippen LogP contribution in [-0.2, 0) is 6.42 Å². The van der Waals surface area contributed by atoms with Gasteiger partial charge in [-0.15, -0.1) is 0 Å². The molecule has 148 valence electrons. The molecule has 0 radical (unpaired) electrons. The summed E-state index contributed by atoms with van der Waals surface area (Å²) in [6.45, 7) is 0.584. The molecule has 0 bridgehead atoms. The van der Waals surface area contributed by atoms with Gasteiger partial charge in [-0.2, -0.15) is 0 Å². The highest BCUT2D eigenvalue weighted by Gasteiger charge is 2.18. The van der Waals surface area contributed by atoms with E-state index in [0.29, 0.717) is 23.2 Å². The van der Waals surface area contributed by atoms with Crippen molar-refractivity contribution in [3.05, 3.63) is 107 Å². The molecular weight excluding hydrogens is 360 g/mol. The summed E-state index contributed by atoms with van der Waals surface area (Å²) in [4.78, 5) is 26.3. The van der Waals surface area contributed by atoms with Gasteiger partial charge in [0.25, 0.3) is 5.91 Å². The van der Waals surface area contributed by atoms with Crippen molar-refractivity contribution in [1.29, 1.82) is 0 Å². The first-order valence-corrected chi connectivity index (χ1v) is 9.86. The van der Waals surface area contributed by atoms with Crippen molar-refractivity contribution in [1.82, 2.24) is 5.32 Å². The lowest BCUT2D eigenvalue weighted by molar-refractivity contribution is -0.884. The molecule has 0 spiro atoms. The molecule has 29 heavy (non-hydrogen) atoms. The highest BCUT2D eigenvalue weighted by atomic mass is 16.1. The third-order valence-electron chi connectivity index (χ3n) is 5.10. The molecule has 4 nitrogen and oxygen atoms in total. The van der Waals surface area contributed by atoms with E-state index in [1.807, 2.05) is 36.4 Å². The van der Waals surface area contributed by atoms with Gasteiger partial charge in [0.2, 0.25) is 0 Å². The van der Waals surface area contributed by atoms with Crippen LogP contribution in [0.25, 0.3) is 0 Å². The number of nitrogens with one attached hydrogen (secondary N) is 2. The summed E-state index contributed by atoms with van der Waals surface area (Å²) >= 11 is 0. The average molecular weight is 388 g/mol. The van der Waals surface area contributed by atoms with Gasteiger partial charge in [0.1, 0.15) is 6.04 Å². The predicted molar refractivity (Wildman–Crippen MR) is 115 cm³/mol. The van der Waals surface area contributed by atoms with Crippen LogP contribution >= 0.6 is 0 Å². The molecule has 0 aliphatic carbocycles. The molecule has 0 aliphatic rings. The highest BCUT2D eigenvalue weighted by Crippen LogP contribution is 2.11. The number of ketones is 1. The van der Waals surface area contributed by atoms with E-state index in [-0.39, 0.29) is 17.7 Å². The molecular formula is C25H27N2O2+. The summed E-state index contributed by atoms with van der Waals surface area (Å²) in [5, 5.41) is 3.04. The fraction of sp³-hybridized carbons (Fsp3) is 0.200. The molecule has 1 amide bonds. The van der Waals surface area contributed by atoms with Crippen LogP contribution in [0, 0.1) is 0 Å². The van der Waals surface area contributed by atoms with Crippen molar-refractivity contribution < 1.29 is 14.5 Å². The topological polar surface area (TPSA) is 50.6 Å². The first-order valence-electron chi connectivity index (χ1n) is 9.86. The quantitative estimate of drug-likeness (QED) is 0.583. The van der Waals surface area contributed by atoms with Crippen molar-refractivity contribution >= 4 is 11.7 Å². The van der Waals surface area contributed by atoms with Crippen molar-refractivity contribution in [2.75, 3.05) is 20.6 Å². The number of amides is 1. The van der Waals surface area contributed by atoms with Gasteiger partial charge in [-0.05, 0) is 17.7 Å². The highest BCUT2D eigenvalue weighted by molar-refractivity contribution is 6.09. The van der Waals surface area contributed by atoms with Gasteiger partial charge in [-0.25, -0.2) is 0 Å². The lowest BCUT2D eigenvalue weighted by Gasteiger charge is -2.22. The Balaban J connectivity index is 1.60. The predicted octanol–water partition coefficient (Wildman–Crippen LogP) is 2.40. The van der Waals surface area contributed by atoms with E-state index in [1.54, 1.807) is 36.4 Å². The second-order valence-corrected chi connectivity index (χ2v) is 7.45. The Bertz CT molecular complexity index is 936. The van der Waals surface area contributed by atoms with Crippen LogP contribution in [0.1, 0.15) is 31.8 Å². The number of quaternary nitrogens is 1. The number of hydrogen-bond donors (Lipinski definition) is 2. The molecule has 3 aromatic carbocycles. The Morgan fingerprint density at radius 3 is 1.86 bits per heavy atom. The Kier molecular flexibility index (Phi) is 6.93. The molecule has 2 N–H and O–H groups in total. The number of benzene rings is 3. The molecule has 0 aliphatic heterocycles. The maximum atomic E-state index is 12.6. The molecule has 4 heteroatoms. The van der Waals surface area contributed by atoms with Crippen molar-refractivity contribution in [2.45, 2.75) is 12.5 Å². The number of carbonyl (C=O) groups excluding carboxylic acids is 2. The maximum Gasteiger partial charge on any atom is 0.251 e. The molecule has 1 atom stereocenters. The Morgan fingerprint density at radius 2 is 1.28 bits per heavy atom. The zero-order valence-electron chi connectivity index (χ0n) is 16.9. The van der Waals surface area contributed by atoms with Crippen LogP contribution in [0.3, 0.4) is 0 Å². The summed E-state index contributed by atoms with van der Waals surface area (Å²) in [6.07, 6.45) is 0.897. The van der Waals surface area contributed by atoms with Gasteiger partial charge in [-0.3, -0.25) is 9.59 Å². The summed E-state index contributed by atoms with van der Waals surface area (Å²) < 4.78 is 0. The van der Waals surface area contributed by atoms with E-state index >= 15 is 0 Å². The smallest absolute Gasteiger partial charge is 0.251 e. The molecule has 3 aromatic rings. The molecule has 0 heterocycles. The number of carbonyl (C=O) groups is 2. The van der Waals surface area contributed by atoms with E-state index in [1.165, 1.54) is 10.5 Å². The second kappa shape index (κ2) is 9.80. The molecule has 0 aromatic heterocycles. The SMILES string of the molecule is C[NH+](C)[C@H](CNC(=O)c1ccc(C(=O)c2ccccc2)cc1)Cc1ccccc1. The first kappa shape index (κ1) is 20.5. The fourth-order valence-corrected chi connectivity index (χ4v) is 3.23. The van der Waals surface area contributed by atoms with Crippen LogP contribution in [0.4, 0.5) is 0 Å². The summed E-state index contributed by atoms with van der Waals surface area (Å²) in [6, 6.07) is 26.6. The number of hydrogen-bond acceptors (Lipinski definition) is 2. The van der Waals surface area contributed by atoms with Crippen molar-refractivity contribution in [2.24, 2.45) is 0 Å². The summed E-state index contributed by atoms with van der Waals surface area (Å²) in [7, 11) is 4.20. The monoisotopic (exact) mass is 387 g/mol. The van der Waals surface area contributed by atoms with Crippen LogP contribution in [0.5, 0.6) is 0 Å². The zero-order valence-corrected chi connectivity index (χ0v) is 16.9. The average Bonchev–Trinajstić information content (AvgIpc) is 2.77. The minimum absolute atomic E-state index is 0.0447. The molecule has 3 rings (SSSR count). The zero-order chi connectivity index (χ0) is 20.6. The van der Waals surface area contributed by atoms with Crippen LogP contribution in [0.2, 0.25) is 0 Å². The summed E-state index contributed by atoms with van der Waals surface area (Å²) in [5.74, 6) is -0.167. The van der Waals surface area contributed by atoms with E-state index in [0.717, 1.165) is 6.42 Å². The Hall–Kier alpha value is -3.24. The number of likely N-dealkylation sites (N-methyl/N-ethyl adjacent to an activating group) is 1. The molecule has 0 saturated carbocycles. The normalized spacial score (nSPS) is 11.8. The summed E-state index contributed by atoms with van der Waals surface area (Å²) in [5.41, 5.74) is 3.04.